The Hall–Kier alpha value is -2.34. The van der Waals surface area contributed by atoms with Gasteiger partial charge in [0.2, 0.25) is 15.7 Å². The molecule has 3 N–H and O–H groups in total. The van der Waals surface area contributed by atoms with Gasteiger partial charge >= 0.3 is 6.36 Å². The summed E-state index contributed by atoms with van der Waals surface area (Å²) in [6.07, 6.45) is -3.22. The maximum Gasteiger partial charge on any atom is 0.573 e. The van der Waals surface area contributed by atoms with E-state index < -0.39 is 26.8 Å². The van der Waals surface area contributed by atoms with E-state index in [1.54, 1.807) is 0 Å². The number of alkyl halides is 3. The molecule has 0 saturated carbocycles. The van der Waals surface area contributed by atoms with Gasteiger partial charge in [0, 0.05) is 18.7 Å². The molecule has 34 heavy (non-hydrogen) atoms. The molecule has 184 valence electrons. The van der Waals surface area contributed by atoms with Crippen molar-refractivity contribution in [3.8, 4) is 5.75 Å². The Morgan fingerprint density at radius 3 is 2.59 bits per heavy atom. The zero-order valence-corrected chi connectivity index (χ0v) is 19.4. The molecule has 2 heterocycles. The molecular weight excluding hydrogens is 495 g/mol. The molecule has 3 unspecified atom stereocenters. The molecule has 2 aromatic carbocycles. The van der Waals surface area contributed by atoms with Gasteiger partial charge in [0.25, 0.3) is 0 Å². The second kappa shape index (κ2) is 9.73. The van der Waals surface area contributed by atoms with Crippen LogP contribution in [0.4, 0.5) is 13.2 Å². The van der Waals surface area contributed by atoms with E-state index >= 15 is 0 Å². The van der Waals surface area contributed by atoms with Crippen molar-refractivity contribution in [2.24, 2.45) is 5.92 Å². The third-order valence-corrected chi connectivity index (χ3v) is 8.26. The quantitative estimate of drug-likeness (QED) is 0.545. The molecule has 2 aromatic rings. The third kappa shape index (κ3) is 5.65. The predicted molar refractivity (Wildman–Crippen MR) is 118 cm³/mol. The summed E-state index contributed by atoms with van der Waals surface area (Å²) in [6.45, 7) is 2.04. The number of hydrogen-bond donors (Lipinski definition) is 3. The van der Waals surface area contributed by atoms with Gasteiger partial charge < -0.3 is 20.7 Å². The number of ether oxygens (including phenoxy) is 1. The van der Waals surface area contributed by atoms with Gasteiger partial charge in [0.15, 0.2) is 0 Å². The van der Waals surface area contributed by atoms with Gasteiger partial charge in [-0.15, -0.1) is 13.2 Å². The fourth-order valence-electron chi connectivity index (χ4n) is 4.31. The van der Waals surface area contributed by atoms with Crippen LogP contribution in [-0.2, 0) is 21.2 Å². The molecule has 0 radical (unpaired) electrons. The zero-order chi connectivity index (χ0) is 24.5. The van der Waals surface area contributed by atoms with E-state index in [9.17, 15) is 26.4 Å². The van der Waals surface area contributed by atoms with Crippen LogP contribution in [0.5, 0.6) is 5.75 Å². The molecule has 12 heteroatoms. The minimum Gasteiger partial charge on any atom is -0.406 e. The Balaban J connectivity index is 1.41. The molecular formula is C22H23ClF3N3O4S. The molecule has 7 nitrogen and oxygen atoms in total. The molecule has 1 amide bonds. The first-order valence-corrected chi connectivity index (χ1v) is 12.5. The average molecular weight is 518 g/mol. The smallest absolute Gasteiger partial charge is 0.406 e. The molecule has 2 aliphatic heterocycles. The van der Waals surface area contributed by atoms with Crippen molar-refractivity contribution in [1.82, 2.24) is 16.0 Å². The standard InChI is InChI=1S/C22H23ClF3N3O4S/c23-17-6-3-15(33-22(24,25)26)10-20(17)34(31,32)16-4-1-13(2-5-16)11-28-21(30)19-9-14-12-27-8-7-18(14)29-19/h1-6,10,14,18-19,27,29H,7-9,11-12H2,(H,28,30). The average Bonchev–Trinajstić information content (AvgIpc) is 3.22. The number of piperidine rings is 1. The van der Waals surface area contributed by atoms with E-state index in [0.29, 0.717) is 17.5 Å². The Kier molecular flexibility index (Phi) is 7.09. The van der Waals surface area contributed by atoms with Crippen molar-refractivity contribution < 1.29 is 31.1 Å². The van der Waals surface area contributed by atoms with Crippen molar-refractivity contribution in [2.75, 3.05) is 13.1 Å². The molecule has 0 aliphatic carbocycles. The summed E-state index contributed by atoms with van der Waals surface area (Å²) < 4.78 is 67.2. The molecule has 2 aliphatic rings. The Morgan fingerprint density at radius 2 is 1.91 bits per heavy atom. The highest BCUT2D eigenvalue weighted by Crippen LogP contribution is 2.33. The fraction of sp³-hybridized carbons (Fsp3) is 0.409. The van der Waals surface area contributed by atoms with Crippen LogP contribution in [-0.4, -0.2) is 45.9 Å². The summed E-state index contributed by atoms with van der Waals surface area (Å²) in [4.78, 5) is 11.9. The van der Waals surface area contributed by atoms with Gasteiger partial charge in [0.1, 0.15) is 5.75 Å². The molecule has 3 atom stereocenters. The number of hydrogen-bond acceptors (Lipinski definition) is 6. The zero-order valence-electron chi connectivity index (χ0n) is 17.9. The second-order valence-corrected chi connectivity index (χ2v) is 10.6. The number of fused-ring (bicyclic) bond motifs is 1. The van der Waals surface area contributed by atoms with Crippen molar-refractivity contribution >= 4 is 27.3 Å². The fourth-order valence-corrected chi connectivity index (χ4v) is 6.08. The highest BCUT2D eigenvalue weighted by Gasteiger charge is 2.38. The molecule has 0 aromatic heterocycles. The van der Waals surface area contributed by atoms with E-state index in [1.807, 2.05) is 0 Å². The van der Waals surface area contributed by atoms with Crippen LogP contribution in [0.3, 0.4) is 0 Å². The Morgan fingerprint density at radius 1 is 1.18 bits per heavy atom. The number of rotatable bonds is 6. The molecule has 0 bridgehead atoms. The van der Waals surface area contributed by atoms with Gasteiger partial charge in [-0.2, -0.15) is 0 Å². The van der Waals surface area contributed by atoms with Gasteiger partial charge in [-0.3, -0.25) is 4.79 Å². The molecule has 0 spiro atoms. The largest absolute Gasteiger partial charge is 0.573 e. The van der Waals surface area contributed by atoms with E-state index in [0.717, 1.165) is 44.1 Å². The summed E-state index contributed by atoms with van der Waals surface area (Å²) in [6, 6.07) is 8.48. The van der Waals surface area contributed by atoms with Gasteiger partial charge in [0.05, 0.1) is 20.9 Å². The minimum absolute atomic E-state index is 0.112. The number of amides is 1. The summed E-state index contributed by atoms with van der Waals surface area (Å²) in [5.41, 5.74) is 0.671. The minimum atomic E-state index is -4.97. The van der Waals surface area contributed by atoms with Crippen LogP contribution in [0.15, 0.2) is 52.3 Å². The molecule has 2 fully saturated rings. The first kappa shape index (κ1) is 24.8. The van der Waals surface area contributed by atoms with Crippen LogP contribution in [0.2, 0.25) is 5.02 Å². The van der Waals surface area contributed by atoms with E-state index in [-0.39, 0.29) is 28.4 Å². The number of carbonyl (C=O) groups excluding carboxylic acids is 1. The van der Waals surface area contributed by atoms with E-state index in [2.05, 4.69) is 20.7 Å². The first-order chi connectivity index (χ1) is 16.0. The van der Waals surface area contributed by atoms with Crippen molar-refractivity contribution in [1.29, 1.82) is 0 Å². The topological polar surface area (TPSA) is 96.5 Å². The number of benzene rings is 2. The first-order valence-electron chi connectivity index (χ1n) is 10.7. The van der Waals surface area contributed by atoms with Crippen molar-refractivity contribution in [3.05, 3.63) is 53.1 Å². The SMILES string of the molecule is O=C(NCc1ccc(S(=O)(=O)c2cc(OC(F)(F)F)ccc2Cl)cc1)C1CC2CNCCC2N1. The lowest BCUT2D eigenvalue weighted by Gasteiger charge is -2.25. The normalized spacial score (nSPS) is 22.8. The summed E-state index contributed by atoms with van der Waals surface area (Å²) in [5, 5.41) is 9.34. The predicted octanol–water partition coefficient (Wildman–Crippen LogP) is 3.03. The summed E-state index contributed by atoms with van der Waals surface area (Å²) in [5.74, 6) is -0.369. The lowest BCUT2D eigenvalue weighted by atomic mass is 9.94. The van der Waals surface area contributed by atoms with Crippen LogP contribution >= 0.6 is 11.6 Å². The van der Waals surface area contributed by atoms with Crippen LogP contribution < -0.4 is 20.7 Å². The van der Waals surface area contributed by atoms with E-state index in [4.69, 9.17) is 11.6 Å². The van der Waals surface area contributed by atoms with Gasteiger partial charge in [-0.05, 0) is 61.7 Å². The monoisotopic (exact) mass is 517 g/mol. The summed E-state index contributed by atoms with van der Waals surface area (Å²) >= 11 is 5.95. The van der Waals surface area contributed by atoms with Gasteiger partial charge in [-0.1, -0.05) is 23.7 Å². The molecule has 4 rings (SSSR count). The Labute approximate surface area is 199 Å². The van der Waals surface area contributed by atoms with Crippen molar-refractivity contribution in [2.45, 2.75) is 47.6 Å². The maximum atomic E-state index is 12.9. The van der Waals surface area contributed by atoms with Crippen molar-refractivity contribution in [3.63, 3.8) is 0 Å². The number of carbonyl (C=O) groups is 1. The van der Waals surface area contributed by atoms with Crippen LogP contribution in [0, 0.1) is 5.92 Å². The maximum absolute atomic E-state index is 12.9. The van der Waals surface area contributed by atoms with E-state index in [1.165, 1.54) is 24.3 Å². The number of sulfone groups is 1. The van der Waals surface area contributed by atoms with Gasteiger partial charge in [-0.25, -0.2) is 8.42 Å². The third-order valence-electron chi connectivity index (χ3n) is 6.00. The molecule has 2 saturated heterocycles. The lowest BCUT2D eigenvalue weighted by molar-refractivity contribution is -0.274. The number of nitrogens with one attached hydrogen (secondary N) is 3. The van der Waals surface area contributed by atoms with Crippen LogP contribution in [0.25, 0.3) is 0 Å². The number of halogens is 4. The highest BCUT2D eigenvalue weighted by molar-refractivity contribution is 7.91. The second-order valence-electron chi connectivity index (χ2n) is 8.32. The summed E-state index contributed by atoms with van der Waals surface area (Å²) in [7, 11) is -4.20. The van der Waals surface area contributed by atoms with Crippen LogP contribution in [0.1, 0.15) is 18.4 Å². The highest BCUT2D eigenvalue weighted by atomic mass is 35.5. The lowest BCUT2D eigenvalue weighted by Crippen LogP contribution is -2.45. The Bertz CT molecular complexity index is 1140.